The van der Waals surface area contributed by atoms with E-state index in [1.807, 2.05) is 63.8 Å². The maximum Gasteiger partial charge on any atom is 0.411 e. The number of phenols is 3. The Kier molecular flexibility index (Phi) is 13.2. The van der Waals surface area contributed by atoms with Crippen molar-refractivity contribution >= 4 is 34.8 Å². The predicted molar refractivity (Wildman–Crippen MR) is 273 cm³/mol. The second-order valence-electron chi connectivity index (χ2n) is 20.1. The van der Waals surface area contributed by atoms with Crippen LogP contribution in [-0.2, 0) is 50.8 Å². The Morgan fingerprint density at radius 3 is 2.35 bits per heavy atom. The first-order valence-electron chi connectivity index (χ1n) is 25.5. The Hall–Kier alpha value is -7.80. The number of cyclic esters (lactones) is 1. The topological polar surface area (TPSA) is 235 Å². The summed E-state index contributed by atoms with van der Waals surface area (Å²) in [4.78, 5) is 80.2. The Morgan fingerprint density at radius 1 is 0.905 bits per heavy atom. The lowest BCUT2D eigenvalue weighted by Crippen LogP contribution is -2.58. The number of carbonyl (C=O) groups excluding carboxylic acids is 4. The zero-order chi connectivity index (χ0) is 52.3. The van der Waals surface area contributed by atoms with Crippen molar-refractivity contribution in [2.45, 2.75) is 104 Å². The maximum atomic E-state index is 14.3. The van der Waals surface area contributed by atoms with Gasteiger partial charge in [-0.15, -0.1) is 10.2 Å². The minimum atomic E-state index is -1.89. The average molecular weight is 1010 g/mol. The number of pyridine rings is 2. The van der Waals surface area contributed by atoms with Crippen LogP contribution in [0.3, 0.4) is 0 Å². The molecule has 19 nitrogen and oxygen atoms in total. The Morgan fingerprint density at radius 2 is 1.66 bits per heavy atom. The van der Waals surface area contributed by atoms with Gasteiger partial charge in [-0.3, -0.25) is 23.9 Å². The molecule has 386 valence electrons. The number of likely N-dealkylation sites (tertiary alicyclic amines) is 1. The third kappa shape index (κ3) is 8.55. The van der Waals surface area contributed by atoms with Crippen LogP contribution in [0.5, 0.6) is 17.2 Å². The van der Waals surface area contributed by atoms with E-state index in [2.05, 4.69) is 20.4 Å². The van der Waals surface area contributed by atoms with Gasteiger partial charge in [0.2, 0.25) is 17.3 Å². The molecule has 4 aliphatic heterocycles. The smallest absolute Gasteiger partial charge is 0.411 e. The summed E-state index contributed by atoms with van der Waals surface area (Å²) >= 11 is 0. The van der Waals surface area contributed by atoms with E-state index >= 15 is 0 Å². The second kappa shape index (κ2) is 19.6. The second-order valence-corrected chi connectivity index (χ2v) is 20.1. The lowest BCUT2D eigenvalue weighted by molar-refractivity contribution is -0.174. The standard InChI is InChI=1S/C55H61N9O10/c1-7-36-38-22-35(65)14-15-43(38)57-47-40(36)28-63-44(47)24-42-41(52(63)70)29-73-53(71)55(42,8-2)74-54(72)62-21-20-61(26-31(62)6)51(69)33-16-18-60(19-17-33)27-32-10-12-34(13-11-32)64-48(58-59-49(64)50(68)56-9-3)39-23-37(30(4)5)45(66)25-46(39)67/h10-15,22-25,30-31,33,65-67H,7-9,16-21,26-29H2,1-6H3,(H,56,68)/t31?,55-/m0/s1. The number of fused-ring (bicyclic) bond motifs is 5. The van der Waals surface area contributed by atoms with E-state index in [0.717, 1.165) is 22.1 Å². The van der Waals surface area contributed by atoms with Crippen LogP contribution in [0, 0.1) is 5.92 Å². The van der Waals surface area contributed by atoms with E-state index in [1.165, 1.54) is 11.0 Å². The van der Waals surface area contributed by atoms with E-state index in [0.29, 0.717) is 79.2 Å². The number of aromatic nitrogens is 5. The Bertz CT molecular complexity index is 3300. The van der Waals surface area contributed by atoms with Crippen molar-refractivity contribution in [2.75, 3.05) is 39.3 Å². The number of rotatable bonds is 11. The van der Waals surface area contributed by atoms with Gasteiger partial charge in [0.1, 0.15) is 23.9 Å². The van der Waals surface area contributed by atoms with Crippen LogP contribution in [0.4, 0.5) is 4.79 Å². The lowest BCUT2D eigenvalue weighted by Gasteiger charge is -2.43. The van der Waals surface area contributed by atoms with E-state index in [4.69, 9.17) is 14.5 Å². The molecule has 0 aliphatic carbocycles. The molecule has 2 fully saturated rings. The molecule has 3 amide bonds. The molecule has 3 aromatic heterocycles. The zero-order valence-electron chi connectivity index (χ0n) is 42.5. The summed E-state index contributed by atoms with van der Waals surface area (Å²) in [6.45, 7) is 14.4. The van der Waals surface area contributed by atoms with Crippen molar-refractivity contribution < 1.29 is 44.0 Å². The molecule has 0 spiro atoms. The molecule has 1 unspecified atom stereocenters. The van der Waals surface area contributed by atoms with Gasteiger partial charge in [0.05, 0.1) is 34.6 Å². The fourth-order valence-corrected chi connectivity index (χ4v) is 11.3. The fourth-order valence-electron chi connectivity index (χ4n) is 11.3. The van der Waals surface area contributed by atoms with Gasteiger partial charge in [0, 0.05) is 73.0 Å². The number of phenolic OH excluding ortho intramolecular Hbond substituents is 3. The SMILES string of the molecule is CCNC(=O)c1nnc(-c2cc(C(C)C)c(O)cc2O)n1-c1ccc(CN2CCC(C(=O)N3CCN(C(=O)O[C@]4(CC)C(=O)OCc5c4cc4n(c5=O)Cc5c-4nc4ccc(O)cc4c5CC)C(C)C3)CC2)cc1. The molecular weight excluding hydrogens is 947 g/mol. The summed E-state index contributed by atoms with van der Waals surface area (Å²) in [6.07, 6.45) is 1.23. The van der Waals surface area contributed by atoms with Crippen molar-refractivity contribution in [1.29, 1.82) is 0 Å². The molecule has 7 heterocycles. The normalized spacial score (nSPS) is 18.8. The lowest BCUT2D eigenvalue weighted by atomic mass is 9.85. The number of amides is 3. The monoisotopic (exact) mass is 1010 g/mol. The molecule has 0 bridgehead atoms. The van der Waals surface area contributed by atoms with Crippen LogP contribution < -0.4 is 10.9 Å². The number of esters is 1. The van der Waals surface area contributed by atoms with Crippen LogP contribution in [-0.4, -0.2) is 124 Å². The van der Waals surface area contributed by atoms with E-state index in [1.54, 1.807) is 46.4 Å². The third-order valence-corrected chi connectivity index (χ3v) is 15.3. The molecule has 3 aromatic carbocycles. The summed E-state index contributed by atoms with van der Waals surface area (Å²) in [6, 6.07) is 16.9. The number of aromatic hydroxyl groups is 3. The van der Waals surface area contributed by atoms with Crippen molar-refractivity contribution in [3.05, 3.63) is 110 Å². The number of hydrogen-bond acceptors (Lipinski definition) is 14. The predicted octanol–water partition coefficient (Wildman–Crippen LogP) is 6.47. The van der Waals surface area contributed by atoms with Gasteiger partial charge in [0.15, 0.2) is 5.82 Å². The van der Waals surface area contributed by atoms with Crippen molar-refractivity contribution in [3.8, 4) is 45.7 Å². The largest absolute Gasteiger partial charge is 0.508 e. The average Bonchev–Trinajstić information content (AvgIpc) is 4.00. The minimum Gasteiger partial charge on any atom is -0.508 e. The molecule has 6 aromatic rings. The molecule has 2 atom stereocenters. The number of piperidine rings is 1. The molecule has 19 heteroatoms. The van der Waals surface area contributed by atoms with E-state index in [9.17, 15) is 39.3 Å². The summed E-state index contributed by atoms with van der Waals surface area (Å²) in [5, 5.41) is 43.8. The summed E-state index contributed by atoms with van der Waals surface area (Å²) in [5.41, 5.74) is 4.45. The highest BCUT2D eigenvalue weighted by Gasteiger charge is 2.52. The number of carbonyl (C=O) groups is 4. The fraction of sp³-hybridized carbons (Fsp3) is 0.418. The number of ether oxygens (including phenoxy) is 2. The quantitative estimate of drug-likeness (QED) is 0.102. The van der Waals surface area contributed by atoms with Gasteiger partial charge < -0.3 is 44.5 Å². The molecule has 4 N–H and O–H groups in total. The summed E-state index contributed by atoms with van der Waals surface area (Å²) in [5.74, 6) is -1.20. The van der Waals surface area contributed by atoms with Crippen LogP contribution in [0.2, 0.25) is 0 Å². The molecule has 0 radical (unpaired) electrons. The van der Waals surface area contributed by atoms with Gasteiger partial charge in [0.25, 0.3) is 11.5 Å². The highest BCUT2D eigenvalue weighted by molar-refractivity contribution is 5.93. The Balaban J connectivity index is 0.786. The Labute approximate surface area is 427 Å². The highest BCUT2D eigenvalue weighted by atomic mass is 16.6. The third-order valence-electron chi connectivity index (χ3n) is 15.3. The summed E-state index contributed by atoms with van der Waals surface area (Å²) < 4.78 is 15.1. The van der Waals surface area contributed by atoms with Crippen molar-refractivity contribution in [3.63, 3.8) is 0 Å². The molecule has 10 rings (SSSR count). The van der Waals surface area contributed by atoms with Gasteiger partial charge in [-0.2, -0.15) is 0 Å². The van der Waals surface area contributed by atoms with Gasteiger partial charge in [-0.05, 0) is 118 Å². The first-order chi connectivity index (χ1) is 35.5. The molecule has 4 aliphatic rings. The van der Waals surface area contributed by atoms with Crippen molar-refractivity contribution in [2.24, 2.45) is 5.92 Å². The van der Waals surface area contributed by atoms with Crippen LogP contribution in [0.15, 0.2) is 65.5 Å². The number of aryl methyl sites for hydroxylation is 1. The minimum absolute atomic E-state index is 0.0133. The summed E-state index contributed by atoms with van der Waals surface area (Å²) in [7, 11) is 0. The van der Waals surface area contributed by atoms with Crippen LogP contribution in [0.1, 0.15) is 111 Å². The van der Waals surface area contributed by atoms with Gasteiger partial charge in [-0.1, -0.05) is 39.8 Å². The van der Waals surface area contributed by atoms with Crippen molar-refractivity contribution in [1.82, 2.24) is 44.3 Å². The van der Waals surface area contributed by atoms with Crippen LogP contribution >= 0.6 is 0 Å². The first-order valence-corrected chi connectivity index (χ1v) is 25.5. The molecule has 74 heavy (non-hydrogen) atoms. The zero-order valence-corrected chi connectivity index (χ0v) is 42.5. The van der Waals surface area contributed by atoms with Gasteiger partial charge >= 0.3 is 12.1 Å². The van der Waals surface area contributed by atoms with E-state index in [-0.39, 0.29) is 103 Å². The number of nitrogens with one attached hydrogen (secondary N) is 1. The molecule has 0 saturated carbocycles. The van der Waals surface area contributed by atoms with E-state index < -0.39 is 29.6 Å². The maximum absolute atomic E-state index is 14.3. The number of hydrogen-bond donors (Lipinski definition) is 4. The van der Waals surface area contributed by atoms with Gasteiger partial charge in [-0.25, -0.2) is 14.6 Å². The number of benzene rings is 3. The first kappa shape index (κ1) is 49.8. The van der Waals surface area contributed by atoms with Crippen LogP contribution in [0.25, 0.3) is 39.4 Å². The number of nitrogens with zero attached hydrogens (tertiary/aromatic N) is 8. The molecular formula is C55H61N9O10. The molecule has 2 saturated heterocycles. The highest BCUT2D eigenvalue weighted by Crippen LogP contribution is 2.43. The number of piperazine rings is 1.